The quantitative estimate of drug-likeness (QED) is 0.528. The predicted octanol–water partition coefficient (Wildman–Crippen LogP) is 3.85. The van der Waals surface area contributed by atoms with E-state index in [0.29, 0.717) is 42.9 Å². The molecule has 0 aliphatic carbocycles. The molecule has 1 aromatic heterocycles. The molecule has 0 saturated carbocycles. The number of nitrogens with one attached hydrogen (secondary N) is 1. The van der Waals surface area contributed by atoms with E-state index < -0.39 is 16.1 Å². The fraction of sp³-hybridized carbons (Fsp3) is 0.333. The number of aromatic nitrogens is 1. The number of ether oxygens (including phenoxy) is 2. The van der Waals surface area contributed by atoms with Crippen LogP contribution in [0.1, 0.15) is 18.1 Å². The second-order valence-electron chi connectivity index (χ2n) is 8.15. The van der Waals surface area contributed by atoms with Crippen LogP contribution < -0.4 is 10.1 Å². The van der Waals surface area contributed by atoms with Gasteiger partial charge in [0.1, 0.15) is 5.75 Å². The third kappa shape index (κ3) is 5.64. The second-order valence-corrected chi connectivity index (χ2v) is 10.9. The number of benzene rings is 2. The molecule has 4 rings (SSSR count). The van der Waals surface area contributed by atoms with E-state index in [4.69, 9.17) is 9.47 Å². The van der Waals surface area contributed by atoms with Crippen molar-refractivity contribution in [2.24, 2.45) is 0 Å². The first-order valence-corrected chi connectivity index (χ1v) is 13.2. The average molecular weight is 502 g/mol. The lowest BCUT2D eigenvalue weighted by Crippen LogP contribution is -2.40. The summed E-state index contributed by atoms with van der Waals surface area (Å²) in [5.41, 5.74) is 3.54. The molecular weight excluding hydrogens is 474 g/mol. The van der Waals surface area contributed by atoms with Crippen LogP contribution in [0.4, 0.5) is 5.13 Å². The largest absolute Gasteiger partial charge is 0.481 e. The van der Waals surface area contributed by atoms with Crippen LogP contribution in [0.5, 0.6) is 5.75 Å². The summed E-state index contributed by atoms with van der Waals surface area (Å²) >= 11 is 1.29. The fourth-order valence-electron chi connectivity index (χ4n) is 3.66. The van der Waals surface area contributed by atoms with Crippen LogP contribution >= 0.6 is 11.3 Å². The summed E-state index contributed by atoms with van der Waals surface area (Å²) in [6.45, 7) is 7.15. The van der Waals surface area contributed by atoms with E-state index in [1.54, 1.807) is 31.2 Å². The van der Waals surface area contributed by atoms with Gasteiger partial charge in [-0.25, -0.2) is 13.4 Å². The van der Waals surface area contributed by atoms with E-state index in [0.717, 1.165) is 16.7 Å². The third-order valence-electron chi connectivity index (χ3n) is 5.37. The summed E-state index contributed by atoms with van der Waals surface area (Å²) in [5.74, 6) is 0.346. The molecule has 1 fully saturated rings. The first kappa shape index (κ1) is 24.3. The Labute approximate surface area is 203 Å². The molecule has 1 aliphatic rings. The normalized spacial score (nSPS) is 15.6. The molecule has 2 heterocycles. The number of carbonyl (C=O) groups is 1. The van der Waals surface area contributed by atoms with Gasteiger partial charge < -0.3 is 9.47 Å². The minimum absolute atomic E-state index is 0.235. The number of nitrogens with zero attached hydrogens (tertiary/aromatic N) is 2. The number of amides is 1. The Morgan fingerprint density at radius 2 is 1.76 bits per heavy atom. The molecule has 2 aromatic carbocycles. The van der Waals surface area contributed by atoms with Gasteiger partial charge in [-0.2, -0.15) is 4.31 Å². The number of anilines is 1. The number of hydrogen-bond donors (Lipinski definition) is 1. The number of rotatable bonds is 7. The van der Waals surface area contributed by atoms with Crippen molar-refractivity contribution in [2.45, 2.75) is 31.8 Å². The maximum atomic E-state index is 12.8. The van der Waals surface area contributed by atoms with E-state index in [-0.39, 0.29) is 10.8 Å². The second kappa shape index (κ2) is 10.2. The molecule has 1 unspecified atom stereocenters. The van der Waals surface area contributed by atoms with Crippen LogP contribution in [-0.4, -0.2) is 56.0 Å². The van der Waals surface area contributed by atoms with E-state index >= 15 is 0 Å². The van der Waals surface area contributed by atoms with Gasteiger partial charge in [0.15, 0.2) is 11.2 Å². The van der Waals surface area contributed by atoms with Gasteiger partial charge in [-0.05, 0) is 56.2 Å². The topological polar surface area (TPSA) is 97.8 Å². The molecule has 0 bridgehead atoms. The molecule has 0 radical (unpaired) electrons. The van der Waals surface area contributed by atoms with Gasteiger partial charge in [-0.3, -0.25) is 10.1 Å². The molecule has 8 nitrogen and oxygen atoms in total. The summed E-state index contributed by atoms with van der Waals surface area (Å²) in [4.78, 5) is 17.3. The van der Waals surface area contributed by atoms with Crippen molar-refractivity contribution in [2.75, 3.05) is 31.6 Å². The molecule has 10 heteroatoms. The Bertz CT molecular complexity index is 1250. The van der Waals surface area contributed by atoms with Crippen LogP contribution in [0.2, 0.25) is 0 Å². The summed E-state index contributed by atoms with van der Waals surface area (Å²) in [7, 11) is -3.55. The molecule has 34 heavy (non-hydrogen) atoms. The smallest absolute Gasteiger partial charge is 0.266 e. The SMILES string of the molecule is Cc1cc(C)cc(OC(C)C(=O)Nc2nc(-c3ccc(S(=O)(=O)N4CCOCC4)cc3)cs2)c1. The van der Waals surface area contributed by atoms with E-state index in [2.05, 4.69) is 10.3 Å². The summed E-state index contributed by atoms with van der Waals surface area (Å²) in [6.07, 6.45) is -0.696. The molecule has 0 spiro atoms. The number of hydrogen-bond acceptors (Lipinski definition) is 7. The van der Waals surface area contributed by atoms with Crippen molar-refractivity contribution in [3.05, 3.63) is 59.0 Å². The van der Waals surface area contributed by atoms with Crippen LogP contribution in [0.3, 0.4) is 0 Å². The van der Waals surface area contributed by atoms with Crippen LogP contribution in [0.15, 0.2) is 52.7 Å². The van der Waals surface area contributed by atoms with Crippen LogP contribution in [0.25, 0.3) is 11.3 Å². The molecule has 1 atom stereocenters. The van der Waals surface area contributed by atoms with Gasteiger partial charge in [-0.15, -0.1) is 11.3 Å². The van der Waals surface area contributed by atoms with E-state index in [1.165, 1.54) is 15.6 Å². The molecule has 1 amide bonds. The first-order valence-electron chi connectivity index (χ1n) is 10.9. The molecule has 1 saturated heterocycles. The zero-order chi connectivity index (χ0) is 24.3. The number of aryl methyl sites for hydroxylation is 2. The lowest BCUT2D eigenvalue weighted by atomic mass is 10.1. The maximum absolute atomic E-state index is 12.8. The zero-order valence-electron chi connectivity index (χ0n) is 19.3. The first-order chi connectivity index (χ1) is 16.2. The molecule has 180 valence electrons. The Balaban J connectivity index is 1.40. The van der Waals surface area contributed by atoms with Gasteiger partial charge in [-0.1, -0.05) is 18.2 Å². The average Bonchev–Trinajstić information content (AvgIpc) is 3.27. The number of carbonyl (C=O) groups excluding carboxylic acids is 1. The zero-order valence-corrected chi connectivity index (χ0v) is 20.9. The highest BCUT2D eigenvalue weighted by atomic mass is 32.2. The molecule has 1 N–H and O–H groups in total. The fourth-order valence-corrected chi connectivity index (χ4v) is 5.79. The lowest BCUT2D eigenvalue weighted by molar-refractivity contribution is -0.122. The summed E-state index contributed by atoms with van der Waals surface area (Å²) < 4.78 is 38.0. The summed E-state index contributed by atoms with van der Waals surface area (Å²) in [6, 6.07) is 12.4. The highest BCUT2D eigenvalue weighted by Gasteiger charge is 2.26. The highest BCUT2D eigenvalue weighted by Crippen LogP contribution is 2.27. The molecule has 1 aliphatic heterocycles. The van der Waals surface area contributed by atoms with Crippen LogP contribution in [-0.2, 0) is 19.6 Å². The van der Waals surface area contributed by atoms with Gasteiger partial charge in [0.25, 0.3) is 5.91 Å². The van der Waals surface area contributed by atoms with Crippen molar-refractivity contribution in [3.63, 3.8) is 0 Å². The Morgan fingerprint density at radius 1 is 1.12 bits per heavy atom. The third-order valence-corrected chi connectivity index (χ3v) is 8.04. The minimum atomic E-state index is -3.55. The monoisotopic (exact) mass is 501 g/mol. The van der Waals surface area contributed by atoms with Crippen molar-refractivity contribution in [3.8, 4) is 17.0 Å². The lowest BCUT2D eigenvalue weighted by Gasteiger charge is -2.26. The van der Waals surface area contributed by atoms with Gasteiger partial charge in [0.05, 0.1) is 23.8 Å². The standard InChI is InChI=1S/C24H27N3O5S2/c1-16-12-17(2)14-20(13-16)32-18(3)23(28)26-24-25-22(15-33-24)19-4-6-21(7-5-19)34(29,30)27-8-10-31-11-9-27/h4-7,12-15,18H,8-11H2,1-3H3,(H,25,26,28). The Hall–Kier alpha value is -2.79. The van der Waals surface area contributed by atoms with Gasteiger partial charge >= 0.3 is 0 Å². The number of sulfonamides is 1. The van der Waals surface area contributed by atoms with Crippen LogP contribution in [0, 0.1) is 13.8 Å². The Morgan fingerprint density at radius 3 is 2.41 bits per heavy atom. The van der Waals surface area contributed by atoms with Crippen molar-refractivity contribution < 1.29 is 22.7 Å². The van der Waals surface area contributed by atoms with Gasteiger partial charge in [0.2, 0.25) is 10.0 Å². The Kier molecular flexibility index (Phi) is 7.32. The molecule has 3 aromatic rings. The minimum Gasteiger partial charge on any atom is -0.481 e. The number of thiazole rings is 1. The summed E-state index contributed by atoms with van der Waals surface area (Å²) in [5, 5.41) is 5.05. The maximum Gasteiger partial charge on any atom is 0.266 e. The van der Waals surface area contributed by atoms with E-state index in [1.807, 2.05) is 37.4 Å². The van der Waals surface area contributed by atoms with Crippen molar-refractivity contribution >= 4 is 32.4 Å². The van der Waals surface area contributed by atoms with Gasteiger partial charge in [0, 0.05) is 24.0 Å². The van der Waals surface area contributed by atoms with E-state index in [9.17, 15) is 13.2 Å². The molecular formula is C24H27N3O5S2. The van der Waals surface area contributed by atoms with Crippen molar-refractivity contribution in [1.82, 2.24) is 9.29 Å². The predicted molar refractivity (Wildman–Crippen MR) is 132 cm³/mol. The number of morpholine rings is 1. The van der Waals surface area contributed by atoms with Crippen molar-refractivity contribution in [1.29, 1.82) is 0 Å². The highest BCUT2D eigenvalue weighted by molar-refractivity contribution is 7.89.